The molecule has 1 aliphatic rings. The zero-order valence-electron chi connectivity index (χ0n) is 10.5. The predicted octanol–water partition coefficient (Wildman–Crippen LogP) is 3.30. The van der Waals surface area contributed by atoms with Crippen LogP contribution in [0.3, 0.4) is 0 Å². The van der Waals surface area contributed by atoms with Crippen molar-refractivity contribution in [2.24, 2.45) is 5.92 Å². The van der Waals surface area contributed by atoms with Crippen LogP contribution in [0.1, 0.15) is 45.4 Å². The van der Waals surface area contributed by atoms with Gasteiger partial charge in [-0.1, -0.05) is 32.1 Å². The molecular formula is C14H25NS. The molecule has 0 aromatic heterocycles. The summed E-state index contributed by atoms with van der Waals surface area (Å²) in [6.07, 6.45) is 13.6. The average molecular weight is 239 g/mol. The van der Waals surface area contributed by atoms with Crippen LogP contribution >= 0.6 is 11.8 Å². The van der Waals surface area contributed by atoms with Crippen LogP contribution in [-0.2, 0) is 0 Å². The molecule has 2 unspecified atom stereocenters. The van der Waals surface area contributed by atoms with E-state index in [1.165, 1.54) is 38.5 Å². The van der Waals surface area contributed by atoms with Gasteiger partial charge in [-0.3, -0.25) is 0 Å². The summed E-state index contributed by atoms with van der Waals surface area (Å²) in [5.74, 6) is 5.66. The fourth-order valence-corrected chi connectivity index (χ4v) is 2.98. The van der Waals surface area contributed by atoms with Gasteiger partial charge in [0, 0.05) is 18.3 Å². The third kappa shape index (κ3) is 5.82. The molecule has 0 heterocycles. The van der Waals surface area contributed by atoms with Crippen molar-refractivity contribution in [1.29, 1.82) is 0 Å². The van der Waals surface area contributed by atoms with Crippen molar-refractivity contribution in [1.82, 2.24) is 5.32 Å². The molecule has 1 saturated carbocycles. The van der Waals surface area contributed by atoms with Gasteiger partial charge in [0.1, 0.15) is 0 Å². The minimum absolute atomic E-state index is 0.767. The van der Waals surface area contributed by atoms with Gasteiger partial charge < -0.3 is 5.32 Å². The lowest BCUT2D eigenvalue weighted by Gasteiger charge is -2.16. The van der Waals surface area contributed by atoms with Gasteiger partial charge in [0.05, 0.1) is 5.75 Å². The SMILES string of the molecule is C#CCSCCNC1CCCC(CC)CC1. The minimum atomic E-state index is 0.767. The molecule has 0 aliphatic heterocycles. The molecule has 0 radical (unpaired) electrons. The van der Waals surface area contributed by atoms with Crippen molar-refractivity contribution >= 4 is 11.8 Å². The lowest BCUT2D eigenvalue weighted by atomic mass is 9.98. The Morgan fingerprint density at radius 2 is 2.19 bits per heavy atom. The maximum atomic E-state index is 5.21. The summed E-state index contributed by atoms with van der Waals surface area (Å²) in [4.78, 5) is 0. The Bertz CT molecular complexity index is 209. The van der Waals surface area contributed by atoms with E-state index >= 15 is 0 Å². The van der Waals surface area contributed by atoms with E-state index in [1.807, 2.05) is 11.8 Å². The third-order valence-corrected chi connectivity index (χ3v) is 4.39. The molecular weight excluding hydrogens is 214 g/mol. The Balaban J connectivity index is 2.06. The van der Waals surface area contributed by atoms with Gasteiger partial charge in [0.2, 0.25) is 0 Å². The Kier molecular flexibility index (Phi) is 7.80. The van der Waals surface area contributed by atoms with Crippen LogP contribution in [0, 0.1) is 18.3 Å². The molecule has 0 amide bonds. The van der Waals surface area contributed by atoms with Gasteiger partial charge in [-0.05, 0) is 25.2 Å². The second-order valence-electron chi connectivity index (χ2n) is 4.69. The quantitative estimate of drug-likeness (QED) is 0.433. The smallest absolute Gasteiger partial charge is 0.0545 e. The van der Waals surface area contributed by atoms with Gasteiger partial charge in [-0.2, -0.15) is 0 Å². The average Bonchev–Trinajstić information content (AvgIpc) is 2.54. The molecule has 0 saturated heterocycles. The van der Waals surface area contributed by atoms with Crippen molar-refractivity contribution in [2.45, 2.75) is 51.5 Å². The van der Waals surface area contributed by atoms with E-state index in [2.05, 4.69) is 18.2 Å². The zero-order chi connectivity index (χ0) is 11.6. The van der Waals surface area contributed by atoms with Crippen LogP contribution in [0.2, 0.25) is 0 Å². The topological polar surface area (TPSA) is 12.0 Å². The fourth-order valence-electron chi connectivity index (χ4n) is 2.46. The fraction of sp³-hybridized carbons (Fsp3) is 0.857. The van der Waals surface area contributed by atoms with Crippen LogP contribution in [0.5, 0.6) is 0 Å². The van der Waals surface area contributed by atoms with Crippen molar-refractivity contribution in [2.75, 3.05) is 18.1 Å². The summed E-state index contributed by atoms with van der Waals surface area (Å²) in [5, 5.41) is 3.68. The molecule has 92 valence electrons. The van der Waals surface area contributed by atoms with Crippen molar-refractivity contribution in [3.63, 3.8) is 0 Å². The first-order valence-electron chi connectivity index (χ1n) is 6.61. The number of hydrogen-bond acceptors (Lipinski definition) is 2. The second kappa shape index (κ2) is 8.96. The Labute approximate surface area is 105 Å². The molecule has 1 nitrogen and oxygen atoms in total. The highest BCUT2D eigenvalue weighted by molar-refractivity contribution is 7.99. The van der Waals surface area contributed by atoms with Crippen LogP contribution in [0.15, 0.2) is 0 Å². The van der Waals surface area contributed by atoms with E-state index in [1.54, 1.807) is 0 Å². The predicted molar refractivity (Wildman–Crippen MR) is 74.8 cm³/mol. The van der Waals surface area contributed by atoms with E-state index in [-0.39, 0.29) is 0 Å². The highest BCUT2D eigenvalue weighted by Gasteiger charge is 2.16. The maximum Gasteiger partial charge on any atom is 0.0545 e. The highest BCUT2D eigenvalue weighted by Crippen LogP contribution is 2.25. The summed E-state index contributed by atoms with van der Waals surface area (Å²) in [7, 11) is 0. The first-order chi connectivity index (χ1) is 7.86. The van der Waals surface area contributed by atoms with Crippen LogP contribution in [0.4, 0.5) is 0 Å². The molecule has 16 heavy (non-hydrogen) atoms. The number of thioether (sulfide) groups is 1. The lowest BCUT2D eigenvalue weighted by molar-refractivity contribution is 0.430. The number of rotatable bonds is 6. The van der Waals surface area contributed by atoms with E-state index in [0.717, 1.165) is 30.0 Å². The first kappa shape index (κ1) is 13.9. The van der Waals surface area contributed by atoms with E-state index in [4.69, 9.17) is 6.42 Å². The van der Waals surface area contributed by atoms with Gasteiger partial charge in [0.25, 0.3) is 0 Å². The molecule has 1 fully saturated rings. The Morgan fingerprint density at radius 3 is 2.94 bits per heavy atom. The van der Waals surface area contributed by atoms with E-state index in [0.29, 0.717) is 0 Å². The number of hydrogen-bond donors (Lipinski definition) is 1. The number of terminal acetylenes is 1. The summed E-state index contributed by atoms with van der Waals surface area (Å²) in [6, 6.07) is 0.767. The molecule has 1 aliphatic carbocycles. The molecule has 0 aromatic rings. The Morgan fingerprint density at radius 1 is 1.31 bits per heavy atom. The first-order valence-corrected chi connectivity index (χ1v) is 7.76. The van der Waals surface area contributed by atoms with Gasteiger partial charge in [-0.15, -0.1) is 18.2 Å². The van der Waals surface area contributed by atoms with Gasteiger partial charge >= 0.3 is 0 Å². The van der Waals surface area contributed by atoms with Crippen LogP contribution in [-0.4, -0.2) is 24.1 Å². The minimum Gasteiger partial charge on any atom is -0.313 e. The van der Waals surface area contributed by atoms with Crippen LogP contribution in [0.25, 0.3) is 0 Å². The summed E-state index contributed by atoms with van der Waals surface area (Å²) >= 11 is 1.85. The molecule has 2 atom stereocenters. The highest BCUT2D eigenvalue weighted by atomic mass is 32.2. The summed E-state index contributed by atoms with van der Waals surface area (Å²) in [6.45, 7) is 3.45. The Hall–Kier alpha value is -0.130. The third-order valence-electron chi connectivity index (χ3n) is 3.53. The second-order valence-corrected chi connectivity index (χ2v) is 5.80. The molecule has 2 heteroatoms. The standard InChI is InChI=1S/C14H25NS/c1-3-11-16-12-10-15-14-7-5-6-13(4-2)8-9-14/h1,13-15H,4-12H2,2H3. The summed E-state index contributed by atoms with van der Waals surface area (Å²) < 4.78 is 0. The molecule has 0 bridgehead atoms. The monoisotopic (exact) mass is 239 g/mol. The molecule has 0 aromatic carbocycles. The van der Waals surface area contributed by atoms with Crippen molar-refractivity contribution < 1.29 is 0 Å². The maximum absolute atomic E-state index is 5.21. The van der Waals surface area contributed by atoms with Crippen LogP contribution < -0.4 is 5.32 Å². The molecule has 1 rings (SSSR count). The van der Waals surface area contributed by atoms with Crippen molar-refractivity contribution in [3.8, 4) is 12.3 Å². The van der Waals surface area contributed by atoms with Crippen molar-refractivity contribution in [3.05, 3.63) is 0 Å². The summed E-state index contributed by atoms with van der Waals surface area (Å²) in [5.41, 5.74) is 0. The zero-order valence-corrected chi connectivity index (χ0v) is 11.3. The van der Waals surface area contributed by atoms with E-state index < -0.39 is 0 Å². The normalized spacial score (nSPS) is 26.0. The largest absolute Gasteiger partial charge is 0.313 e. The van der Waals surface area contributed by atoms with Gasteiger partial charge in [-0.25, -0.2) is 0 Å². The lowest BCUT2D eigenvalue weighted by Crippen LogP contribution is -2.30. The molecule has 0 spiro atoms. The molecule has 1 N–H and O–H groups in total. The number of nitrogens with one attached hydrogen (secondary N) is 1. The van der Waals surface area contributed by atoms with Gasteiger partial charge in [0.15, 0.2) is 0 Å². The van der Waals surface area contributed by atoms with E-state index in [9.17, 15) is 0 Å².